The molecule has 3 aromatic heterocycles. The lowest BCUT2D eigenvalue weighted by atomic mass is 10.1. The van der Waals surface area contributed by atoms with Crippen molar-refractivity contribution in [2.45, 2.75) is 20.4 Å². The number of benzene rings is 2. The number of nitrogens with one attached hydrogen (secondary N) is 1. The average molecular weight is 532 g/mol. The van der Waals surface area contributed by atoms with Crippen LogP contribution in [0.4, 0.5) is 5.95 Å². The monoisotopic (exact) mass is 531 g/mol. The molecular formula is C28H27Cl2N7. The van der Waals surface area contributed by atoms with Crippen molar-refractivity contribution in [3.05, 3.63) is 70.7 Å². The van der Waals surface area contributed by atoms with E-state index < -0.39 is 0 Å². The first-order valence-electron chi connectivity index (χ1n) is 12.0. The van der Waals surface area contributed by atoms with Crippen LogP contribution in [0.25, 0.3) is 45.2 Å². The van der Waals surface area contributed by atoms with Gasteiger partial charge in [-0.25, -0.2) is 19.9 Å². The lowest BCUT2D eigenvalue weighted by Gasteiger charge is -2.10. The first kappa shape index (κ1) is 25.0. The number of imidazole rings is 2. The van der Waals surface area contributed by atoms with Gasteiger partial charge in [-0.1, -0.05) is 73.4 Å². The van der Waals surface area contributed by atoms with E-state index in [0.717, 1.165) is 40.4 Å². The molecule has 0 bridgehead atoms. The fourth-order valence-corrected chi connectivity index (χ4v) is 4.71. The van der Waals surface area contributed by atoms with Crippen LogP contribution in [0.15, 0.2) is 65.7 Å². The van der Waals surface area contributed by atoms with E-state index in [1.807, 2.05) is 67.5 Å². The Hall–Kier alpha value is -3.68. The van der Waals surface area contributed by atoms with Crippen molar-refractivity contribution in [2.24, 2.45) is 10.9 Å². The maximum atomic E-state index is 6.53. The summed E-state index contributed by atoms with van der Waals surface area (Å²) >= 11 is 13.1. The third-order valence-electron chi connectivity index (χ3n) is 5.73. The van der Waals surface area contributed by atoms with E-state index in [-0.39, 0.29) is 0 Å². The van der Waals surface area contributed by atoms with E-state index in [1.165, 1.54) is 0 Å². The number of fused-ring (bicyclic) bond motifs is 1. The molecular weight excluding hydrogens is 505 g/mol. The minimum absolute atomic E-state index is 0.386. The van der Waals surface area contributed by atoms with Gasteiger partial charge in [-0.15, -0.1) is 0 Å². The minimum atomic E-state index is 0.386. The highest BCUT2D eigenvalue weighted by Crippen LogP contribution is 2.38. The van der Waals surface area contributed by atoms with Crippen LogP contribution in [0.5, 0.6) is 0 Å². The molecule has 0 fully saturated rings. The van der Waals surface area contributed by atoms with Crippen LogP contribution in [0, 0.1) is 5.92 Å². The van der Waals surface area contributed by atoms with Gasteiger partial charge in [-0.05, 0) is 30.2 Å². The van der Waals surface area contributed by atoms with Crippen molar-refractivity contribution < 1.29 is 0 Å². The molecule has 37 heavy (non-hydrogen) atoms. The zero-order valence-corrected chi connectivity index (χ0v) is 22.6. The van der Waals surface area contributed by atoms with E-state index in [9.17, 15) is 0 Å². The summed E-state index contributed by atoms with van der Waals surface area (Å²) in [5.41, 5.74) is 5.43. The fraction of sp³-hybridized carbons (Fsp3) is 0.214. The molecule has 0 atom stereocenters. The molecule has 0 saturated carbocycles. The summed E-state index contributed by atoms with van der Waals surface area (Å²) in [6, 6.07) is 19.3. The predicted octanol–water partition coefficient (Wildman–Crippen LogP) is 7.34. The molecule has 0 unspecified atom stereocenters. The van der Waals surface area contributed by atoms with Crippen molar-refractivity contribution in [3.63, 3.8) is 0 Å². The van der Waals surface area contributed by atoms with Crippen molar-refractivity contribution in [1.82, 2.24) is 29.4 Å². The van der Waals surface area contributed by atoms with Crippen LogP contribution in [0.2, 0.25) is 10.0 Å². The van der Waals surface area contributed by atoms with E-state index in [0.29, 0.717) is 33.3 Å². The number of H-pyrrole nitrogens is 1. The number of rotatable bonds is 7. The zero-order valence-electron chi connectivity index (χ0n) is 21.1. The molecule has 0 radical (unpaired) electrons. The molecule has 188 valence electrons. The summed E-state index contributed by atoms with van der Waals surface area (Å²) < 4.78 is 2.06. The maximum absolute atomic E-state index is 6.53. The molecule has 1 N–H and O–H groups in total. The lowest BCUT2D eigenvalue weighted by molar-refractivity contribution is 0.532. The highest BCUT2D eigenvalue weighted by Gasteiger charge is 2.21. The van der Waals surface area contributed by atoms with Crippen LogP contribution >= 0.6 is 23.2 Å². The predicted molar refractivity (Wildman–Crippen MR) is 153 cm³/mol. The van der Waals surface area contributed by atoms with Gasteiger partial charge < -0.3 is 9.88 Å². The number of hydrogen-bond donors (Lipinski definition) is 1. The van der Waals surface area contributed by atoms with Crippen LogP contribution < -0.4 is 0 Å². The number of aliphatic imine (C=N–C) groups is 1. The first-order chi connectivity index (χ1) is 17.8. The fourth-order valence-electron chi connectivity index (χ4n) is 4.13. The first-order valence-corrected chi connectivity index (χ1v) is 12.8. The summed E-state index contributed by atoms with van der Waals surface area (Å²) in [5, 5.41) is 1.04. The Labute approximate surface area is 225 Å². The summed E-state index contributed by atoms with van der Waals surface area (Å²) in [5.74, 6) is 1.59. The normalized spacial score (nSPS) is 11.8. The molecule has 0 aliphatic carbocycles. The topological polar surface area (TPSA) is 75.0 Å². The van der Waals surface area contributed by atoms with Crippen LogP contribution in [-0.4, -0.2) is 49.8 Å². The Morgan fingerprint density at radius 2 is 1.68 bits per heavy atom. The molecule has 0 amide bonds. The Bertz CT molecular complexity index is 1560. The molecule has 9 heteroatoms. The van der Waals surface area contributed by atoms with Gasteiger partial charge in [-0.3, -0.25) is 4.57 Å². The average Bonchev–Trinajstić information content (AvgIpc) is 3.44. The quantitative estimate of drug-likeness (QED) is 0.176. The number of aromatic amines is 1. The number of hydrogen-bond acceptors (Lipinski definition) is 4. The molecule has 0 aliphatic heterocycles. The van der Waals surface area contributed by atoms with Gasteiger partial charge in [0.1, 0.15) is 11.3 Å². The number of halogens is 2. The molecule has 3 heterocycles. The van der Waals surface area contributed by atoms with Gasteiger partial charge in [0.2, 0.25) is 5.95 Å². The number of nitrogens with zero attached hydrogens (tertiary/aromatic N) is 6. The minimum Gasteiger partial charge on any atom is -0.369 e. The standard InChI is InChI=1S/C28H27Cl2N7/c1-17(2)15-37-27-22(33-28(37)31-16-36(3)4)14-13-21(32-27)25-24(18-9-6-5-7-10-18)34-26(35-25)23-19(29)11-8-12-20(23)30/h5-14,16-17H,15H2,1-4H3,(H,34,35). The second kappa shape index (κ2) is 10.4. The molecule has 2 aromatic carbocycles. The zero-order chi connectivity index (χ0) is 26.1. The molecule has 0 saturated heterocycles. The van der Waals surface area contributed by atoms with Crippen LogP contribution in [0.3, 0.4) is 0 Å². The third kappa shape index (κ3) is 5.10. The summed E-state index contributed by atoms with van der Waals surface area (Å²) in [6.45, 7) is 5.07. The largest absolute Gasteiger partial charge is 0.369 e. The molecule has 0 spiro atoms. The molecule has 0 aliphatic rings. The molecule has 7 nitrogen and oxygen atoms in total. The van der Waals surface area contributed by atoms with Gasteiger partial charge in [0.05, 0.1) is 39.0 Å². The second-order valence-corrected chi connectivity index (χ2v) is 10.2. The van der Waals surface area contributed by atoms with Gasteiger partial charge >= 0.3 is 0 Å². The number of aromatic nitrogens is 5. The Kier molecular flexibility index (Phi) is 7.00. The number of pyridine rings is 1. The lowest BCUT2D eigenvalue weighted by Crippen LogP contribution is -2.09. The highest BCUT2D eigenvalue weighted by atomic mass is 35.5. The van der Waals surface area contributed by atoms with Crippen molar-refractivity contribution in [2.75, 3.05) is 14.1 Å². The van der Waals surface area contributed by atoms with E-state index >= 15 is 0 Å². The Balaban J connectivity index is 1.72. The van der Waals surface area contributed by atoms with Crippen molar-refractivity contribution in [3.8, 4) is 34.0 Å². The summed E-state index contributed by atoms with van der Waals surface area (Å²) in [4.78, 5) is 24.7. The highest BCUT2D eigenvalue weighted by molar-refractivity contribution is 6.39. The van der Waals surface area contributed by atoms with E-state index in [1.54, 1.807) is 18.5 Å². The smallest absolute Gasteiger partial charge is 0.233 e. The van der Waals surface area contributed by atoms with Gasteiger partial charge in [0.15, 0.2) is 5.65 Å². The Morgan fingerprint density at radius 3 is 2.35 bits per heavy atom. The van der Waals surface area contributed by atoms with Crippen LogP contribution in [0.1, 0.15) is 13.8 Å². The van der Waals surface area contributed by atoms with Gasteiger partial charge in [-0.2, -0.15) is 0 Å². The van der Waals surface area contributed by atoms with E-state index in [4.69, 9.17) is 38.2 Å². The SMILES string of the molecule is CC(C)Cn1c(N=CN(C)C)nc2ccc(-c3[nH]c(-c4c(Cl)cccc4Cl)nc3-c3ccccc3)nc21. The van der Waals surface area contributed by atoms with Gasteiger partial charge in [0.25, 0.3) is 0 Å². The van der Waals surface area contributed by atoms with Crippen molar-refractivity contribution in [1.29, 1.82) is 0 Å². The van der Waals surface area contributed by atoms with Gasteiger partial charge in [0, 0.05) is 26.2 Å². The van der Waals surface area contributed by atoms with Crippen LogP contribution in [-0.2, 0) is 6.54 Å². The second-order valence-electron chi connectivity index (χ2n) is 9.44. The third-order valence-corrected chi connectivity index (χ3v) is 6.36. The molecule has 5 aromatic rings. The maximum Gasteiger partial charge on any atom is 0.233 e. The molecule has 5 rings (SSSR count). The van der Waals surface area contributed by atoms with E-state index in [2.05, 4.69) is 28.4 Å². The summed E-state index contributed by atoms with van der Waals surface area (Å²) in [6.07, 6.45) is 1.75. The summed E-state index contributed by atoms with van der Waals surface area (Å²) in [7, 11) is 3.86. The van der Waals surface area contributed by atoms with Crippen molar-refractivity contribution >= 4 is 46.7 Å². The Morgan fingerprint density at radius 1 is 0.946 bits per heavy atom.